The van der Waals surface area contributed by atoms with Crippen LogP contribution < -0.4 is 15.2 Å². The molecule has 0 unspecified atom stereocenters. The van der Waals surface area contributed by atoms with Gasteiger partial charge < -0.3 is 20.3 Å². The van der Waals surface area contributed by atoms with Crippen molar-refractivity contribution in [3.63, 3.8) is 0 Å². The van der Waals surface area contributed by atoms with Gasteiger partial charge in [-0.05, 0) is 24.6 Å². The number of ether oxygens (including phenoxy) is 2. The molecular formula is C17H23NO6. The molecule has 0 amide bonds. The average Bonchev–Trinajstić information content (AvgIpc) is 2.48. The highest BCUT2D eigenvalue weighted by atomic mass is 16.6. The maximum Gasteiger partial charge on any atom is 0.328 e. The molecule has 1 aromatic rings. The zero-order chi connectivity index (χ0) is 18.7. The van der Waals surface area contributed by atoms with E-state index in [-0.39, 0.29) is 23.0 Å². The van der Waals surface area contributed by atoms with Crippen LogP contribution in [0.5, 0.6) is 11.5 Å². The molecule has 1 atom stereocenters. The van der Waals surface area contributed by atoms with Gasteiger partial charge in [-0.25, -0.2) is 4.79 Å². The van der Waals surface area contributed by atoms with Crippen LogP contribution in [0.15, 0.2) is 18.2 Å². The summed E-state index contributed by atoms with van der Waals surface area (Å²) in [5.74, 6) is -3.08. The minimum absolute atomic E-state index is 0.0349. The first-order chi connectivity index (χ1) is 11.0. The van der Waals surface area contributed by atoms with Crippen LogP contribution in [-0.4, -0.2) is 23.0 Å². The molecule has 0 aliphatic carbocycles. The molecule has 0 heterocycles. The Morgan fingerprint density at radius 2 is 1.46 bits per heavy atom. The Hall–Kier alpha value is -2.41. The predicted octanol–water partition coefficient (Wildman–Crippen LogP) is 2.07. The first-order valence-corrected chi connectivity index (χ1v) is 7.57. The van der Waals surface area contributed by atoms with Gasteiger partial charge in [0.2, 0.25) is 0 Å². The van der Waals surface area contributed by atoms with Crippen LogP contribution >= 0.6 is 0 Å². The summed E-state index contributed by atoms with van der Waals surface area (Å²) in [7, 11) is 0. The van der Waals surface area contributed by atoms with Gasteiger partial charge in [-0.1, -0.05) is 33.8 Å². The number of carboxylic acids is 1. The number of aliphatic carboxylic acids is 1. The molecular weight excluding hydrogens is 314 g/mol. The molecule has 0 aliphatic heterocycles. The molecule has 0 bridgehead atoms. The largest absolute Gasteiger partial charge is 0.480 e. The van der Waals surface area contributed by atoms with Gasteiger partial charge in [0.1, 0.15) is 5.54 Å². The monoisotopic (exact) mass is 337 g/mol. The van der Waals surface area contributed by atoms with Crippen molar-refractivity contribution in [2.75, 3.05) is 0 Å². The van der Waals surface area contributed by atoms with Crippen LogP contribution in [0.25, 0.3) is 0 Å². The van der Waals surface area contributed by atoms with Crippen LogP contribution in [0.4, 0.5) is 0 Å². The average molecular weight is 337 g/mol. The lowest BCUT2D eigenvalue weighted by molar-refractivity contribution is -0.143. The normalized spacial score (nSPS) is 13.5. The topological polar surface area (TPSA) is 116 Å². The first-order valence-electron chi connectivity index (χ1n) is 7.57. The fraction of sp³-hybridized carbons (Fsp3) is 0.471. The molecule has 0 fully saturated rings. The van der Waals surface area contributed by atoms with Crippen molar-refractivity contribution in [2.45, 2.75) is 40.2 Å². The van der Waals surface area contributed by atoms with Gasteiger partial charge in [0.05, 0.1) is 11.8 Å². The maximum atomic E-state index is 11.9. The summed E-state index contributed by atoms with van der Waals surface area (Å²) in [5, 5.41) is 9.23. The third-order valence-electron chi connectivity index (χ3n) is 3.35. The number of nitrogens with two attached hydrogens (primary N) is 1. The second-order valence-corrected chi connectivity index (χ2v) is 6.32. The van der Waals surface area contributed by atoms with Crippen LogP contribution in [0.2, 0.25) is 0 Å². The number of hydrogen-bond acceptors (Lipinski definition) is 6. The highest BCUT2D eigenvalue weighted by molar-refractivity contribution is 5.81. The van der Waals surface area contributed by atoms with Gasteiger partial charge in [-0.2, -0.15) is 0 Å². The van der Waals surface area contributed by atoms with Crippen LogP contribution in [-0.2, 0) is 19.9 Å². The van der Waals surface area contributed by atoms with E-state index in [1.165, 1.54) is 25.1 Å². The molecule has 7 heteroatoms. The predicted molar refractivity (Wildman–Crippen MR) is 86.6 cm³/mol. The van der Waals surface area contributed by atoms with E-state index in [1.54, 1.807) is 27.7 Å². The minimum atomic E-state index is -1.68. The van der Waals surface area contributed by atoms with E-state index in [0.29, 0.717) is 0 Å². The summed E-state index contributed by atoms with van der Waals surface area (Å²) >= 11 is 0. The number of carboxylic acid groups (broad SMARTS) is 1. The quantitative estimate of drug-likeness (QED) is 0.603. The van der Waals surface area contributed by atoms with E-state index in [9.17, 15) is 19.5 Å². The van der Waals surface area contributed by atoms with Crippen LogP contribution in [0.1, 0.15) is 40.2 Å². The van der Waals surface area contributed by atoms with E-state index in [1.807, 2.05) is 0 Å². The van der Waals surface area contributed by atoms with E-state index in [4.69, 9.17) is 15.2 Å². The zero-order valence-corrected chi connectivity index (χ0v) is 14.5. The second kappa shape index (κ2) is 7.44. The smallest absolute Gasteiger partial charge is 0.328 e. The Morgan fingerprint density at radius 3 is 1.88 bits per heavy atom. The third kappa shape index (κ3) is 4.55. The van der Waals surface area contributed by atoms with E-state index < -0.39 is 29.4 Å². The van der Waals surface area contributed by atoms with Crippen LogP contribution in [0, 0.1) is 11.8 Å². The van der Waals surface area contributed by atoms with Gasteiger partial charge in [-0.3, -0.25) is 9.59 Å². The van der Waals surface area contributed by atoms with Crippen molar-refractivity contribution in [3.8, 4) is 11.5 Å². The maximum absolute atomic E-state index is 11.9. The standard InChI is InChI=1S/C17H23NO6/c1-9(2)14(19)23-12-7-6-11(17(5,18)16(21)22)8-13(12)24-15(20)10(3)4/h6-10H,18H2,1-5H3,(H,21,22)/t17-/m0/s1. The molecule has 1 rings (SSSR count). The Bertz CT molecular complexity index is 648. The molecule has 0 radical (unpaired) electrons. The van der Waals surface area contributed by atoms with E-state index in [0.717, 1.165) is 0 Å². The number of carbonyl (C=O) groups is 3. The molecule has 0 spiro atoms. The first kappa shape index (κ1) is 19.6. The van der Waals surface area contributed by atoms with Crippen molar-refractivity contribution >= 4 is 17.9 Å². The Morgan fingerprint density at radius 1 is 1.00 bits per heavy atom. The number of benzene rings is 1. The molecule has 7 nitrogen and oxygen atoms in total. The number of esters is 2. The van der Waals surface area contributed by atoms with Crippen molar-refractivity contribution in [3.05, 3.63) is 23.8 Å². The van der Waals surface area contributed by atoms with Gasteiger partial charge in [0.25, 0.3) is 0 Å². The molecule has 0 aliphatic rings. The number of hydrogen-bond donors (Lipinski definition) is 2. The van der Waals surface area contributed by atoms with Crippen molar-refractivity contribution in [1.82, 2.24) is 0 Å². The SMILES string of the molecule is CC(C)C(=O)Oc1ccc([C@](C)(N)C(=O)O)cc1OC(=O)C(C)C. The van der Waals surface area contributed by atoms with Crippen molar-refractivity contribution < 1.29 is 29.0 Å². The lowest BCUT2D eigenvalue weighted by Gasteiger charge is -2.21. The van der Waals surface area contributed by atoms with Crippen LogP contribution in [0.3, 0.4) is 0 Å². The van der Waals surface area contributed by atoms with Gasteiger partial charge in [0, 0.05) is 0 Å². The van der Waals surface area contributed by atoms with Gasteiger partial charge in [-0.15, -0.1) is 0 Å². The minimum Gasteiger partial charge on any atom is -0.480 e. The Balaban J connectivity index is 3.31. The molecule has 0 aromatic heterocycles. The van der Waals surface area contributed by atoms with Gasteiger partial charge >= 0.3 is 17.9 Å². The fourth-order valence-electron chi connectivity index (χ4n) is 1.57. The van der Waals surface area contributed by atoms with E-state index >= 15 is 0 Å². The summed E-state index contributed by atoms with van der Waals surface area (Å²) < 4.78 is 10.4. The second-order valence-electron chi connectivity index (χ2n) is 6.32. The summed E-state index contributed by atoms with van der Waals surface area (Å²) in [6, 6.07) is 4.09. The fourth-order valence-corrected chi connectivity index (χ4v) is 1.57. The summed E-state index contributed by atoms with van der Waals surface area (Å²) in [4.78, 5) is 35.0. The highest BCUT2D eigenvalue weighted by Crippen LogP contribution is 2.33. The zero-order valence-electron chi connectivity index (χ0n) is 14.5. The van der Waals surface area contributed by atoms with Gasteiger partial charge in [0.15, 0.2) is 11.5 Å². The molecule has 24 heavy (non-hydrogen) atoms. The summed E-state index contributed by atoms with van der Waals surface area (Å²) in [6.07, 6.45) is 0. The van der Waals surface area contributed by atoms with Crippen molar-refractivity contribution in [1.29, 1.82) is 0 Å². The highest BCUT2D eigenvalue weighted by Gasteiger charge is 2.32. The number of carbonyl (C=O) groups excluding carboxylic acids is 2. The molecule has 3 N–H and O–H groups in total. The Kier molecular flexibility index (Phi) is 6.09. The lowest BCUT2D eigenvalue weighted by Crippen LogP contribution is -2.41. The van der Waals surface area contributed by atoms with E-state index in [2.05, 4.69) is 0 Å². The molecule has 1 aromatic carbocycles. The lowest BCUT2D eigenvalue weighted by atomic mass is 9.93. The molecule has 0 saturated heterocycles. The molecule has 0 saturated carbocycles. The molecule has 132 valence electrons. The third-order valence-corrected chi connectivity index (χ3v) is 3.35. The number of rotatable bonds is 6. The van der Waals surface area contributed by atoms with Crippen molar-refractivity contribution in [2.24, 2.45) is 17.6 Å². The summed E-state index contributed by atoms with van der Waals surface area (Å²) in [5.41, 5.74) is 4.32. The Labute approximate surface area is 140 Å². The summed E-state index contributed by atoms with van der Waals surface area (Å²) in [6.45, 7) is 7.95.